The van der Waals surface area contributed by atoms with Crippen LogP contribution in [0, 0.1) is 5.92 Å². The summed E-state index contributed by atoms with van der Waals surface area (Å²) in [4.78, 5) is 0. The predicted molar refractivity (Wildman–Crippen MR) is 71.8 cm³/mol. The summed E-state index contributed by atoms with van der Waals surface area (Å²) >= 11 is 0. The molecule has 1 atom stereocenters. The van der Waals surface area contributed by atoms with Crippen molar-refractivity contribution < 1.29 is 0 Å². The van der Waals surface area contributed by atoms with Gasteiger partial charge >= 0.3 is 0 Å². The first-order chi connectivity index (χ1) is 7.36. The van der Waals surface area contributed by atoms with Crippen molar-refractivity contribution in [2.75, 3.05) is 7.05 Å². The number of hydrogen-bond donors (Lipinski definition) is 1. The van der Waals surface area contributed by atoms with Crippen molar-refractivity contribution in [3.63, 3.8) is 0 Å². The van der Waals surface area contributed by atoms with Gasteiger partial charge in [0.1, 0.15) is 0 Å². The molecule has 0 radical (unpaired) electrons. The molecule has 1 aromatic carbocycles. The SMILES string of the molecule is CNC(c1ccc(C(C)(C)C)cc1)C(C)C. The Kier molecular flexibility index (Phi) is 4.15. The van der Waals surface area contributed by atoms with Crippen molar-refractivity contribution in [1.82, 2.24) is 5.32 Å². The molecule has 0 aliphatic carbocycles. The second-order valence-corrected chi connectivity index (χ2v) is 5.88. The molecule has 1 nitrogen and oxygen atoms in total. The standard InChI is InChI=1S/C15H25N/c1-11(2)14(16-6)12-7-9-13(10-8-12)15(3,4)5/h7-11,14,16H,1-6H3. The lowest BCUT2D eigenvalue weighted by Gasteiger charge is -2.23. The Hall–Kier alpha value is -0.820. The van der Waals surface area contributed by atoms with Gasteiger partial charge in [0.25, 0.3) is 0 Å². The topological polar surface area (TPSA) is 12.0 Å². The summed E-state index contributed by atoms with van der Waals surface area (Å²) in [5.74, 6) is 0.616. The van der Waals surface area contributed by atoms with Gasteiger partial charge in [0.15, 0.2) is 0 Å². The molecule has 90 valence electrons. The van der Waals surface area contributed by atoms with Crippen LogP contribution in [0.15, 0.2) is 24.3 Å². The molecular weight excluding hydrogens is 194 g/mol. The van der Waals surface area contributed by atoms with E-state index in [1.165, 1.54) is 11.1 Å². The van der Waals surface area contributed by atoms with E-state index in [2.05, 4.69) is 64.2 Å². The van der Waals surface area contributed by atoms with Crippen LogP contribution in [-0.2, 0) is 5.41 Å². The molecule has 0 aromatic heterocycles. The van der Waals surface area contributed by atoms with E-state index in [-0.39, 0.29) is 5.41 Å². The van der Waals surface area contributed by atoms with E-state index in [0.29, 0.717) is 12.0 Å². The maximum Gasteiger partial charge on any atom is 0.0340 e. The molecule has 0 spiro atoms. The monoisotopic (exact) mass is 219 g/mol. The van der Waals surface area contributed by atoms with Crippen LogP contribution in [0.3, 0.4) is 0 Å². The fraction of sp³-hybridized carbons (Fsp3) is 0.600. The predicted octanol–water partition coefficient (Wildman–Crippen LogP) is 3.90. The molecule has 0 heterocycles. The molecule has 16 heavy (non-hydrogen) atoms. The van der Waals surface area contributed by atoms with Crippen molar-refractivity contribution in [3.05, 3.63) is 35.4 Å². The van der Waals surface area contributed by atoms with Gasteiger partial charge in [-0.05, 0) is 29.5 Å². The average molecular weight is 219 g/mol. The maximum atomic E-state index is 3.38. The second kappa shape index (κ2) is 5.01. The summed E-state index contributed by atoms with van der Waals surface area (Å²) in [6.45, 7) is 11.2. The van der Waals surface area contributed by atoms with Gasteiger partial charge < -0.3 is 5.32 Å². The number of rotatable bonds is 3. The lowest BCUT2D eigenvalue weighted by Crippen LogP contribution is -2.22. The number of benzene rings is 1. The first-order valence-electron chi connectivity index (χ1n) is 6.14. The highest BCUT2D eigenvalue weighted by molar-refractivity contribution is 5.29. The molecule has 1 unspecified atom stereocenters. The van der Waals surface area contributed by atoms with Gasteiger partial charge in [0, 0.05) is 6.04 Å². The maximum absolute atomic E-state index is 3.38. The Bertz CT molecular complexity index is 316. The lowest BCUT2D eigenvalue weighted by molar-refractivity contribution is 0.443. The average Bonchev–Trinajstić information content (AvgIpc) is 2.17. The minimum Gasteiger partial charge on any atom is -0.313 e. The zero-order valence-electron chi connectivity index (χ0n) is 11.5. The highest BCUT2D eigenvalue weighted by atomic mass is 14.9. The van der Waals surface area contributed by atoms with Gasteiger partial charge in [0.2, 0.25) is 0 Å². The van der Waals surface area contributed by atoms with Crippen LogP contribution in [0.25, 0.3) is 0 Å². The Morgan fingerprint density at radius 1 is 1.00 bits per heavy atom. The van der Waals surface area contributed by atoms with Crippen LogP contribution in [-0.4, -0.2) is 7.05 Å². The Labute approximate surface area is 100 Å². The third-order valence-electron chi connectivity index (χ3n) is 3.11. The third kappa shape index (κ3) is 3.08. The molecule has 1 rings (SSSR count). The Morgan fingerprint density at radius 3 is 1.81 bits per heavy atom. The molecule has 0 saturated heterocycles. The van der Waals surface area contributed by atoms with Crippen LogP contribution in [0.4, 0.5) is 0 Å². The van der Waals surface area contributed by atoms with Gasteiger partial charge in [-0.2, -0.15) is 0 Å². The lowest BCUT2D eigenvalue weighted by atomic mass is 9.85. The highest BCUT2D eigenvalue weighted by Crippen LogP contribution is 2.26. The summed E-state index contributed by atoms with van der Waals surface area (Å²) in [6.07, 6.45) is 0. The van der Waals surface area contributed by atoms with Crippen LogP contribution in [0.5, 0.6) is 0 Å². The molecule has 1 aromatic rings. The fourth-order valence-electron chi connectivity index (χ4n) is 2.08. The van der Waals surface area contributed by atoms with Crippen molar-refractivity contribution in [2.24, 2.45) is 5.92 Å². The molecule has 0 aliphatic heterocycles. The highest BCUT2D eigenvalue weighted by Gasteiger charge is 2.16. The van der Waals surface area contributed by atoms with Crippen molar-refractivity contribution in [2.45, 2.75) is 46.1 Å². The minimum atomic E-state index is 0.242. The normalized spacial score (nSPS) is 14.2. The Morgan fingerprint density at radius 2 is 1.50 bits per heavy atom. The fourth-order valence-corrected chi connectivity index (χ4v) is 2.08. The Balaban J connectivity index is 2.94. The van der Waals surface area contributed by atoms with Crippen molar-refractivity contribution in [1.29, 1.82) is 0 Å². The molecule has 1 N–H and O–H groups in total. The zero-order chi connectivity index (χ0) is 12.3. The van der Waals surface area contributed by atoms with E-state index in [4.69, 9.17) is 0 Å². The smallest absolute Gasteiger partial charge is 0.0340 e. The van der Waals surface area contributed by atoms with Gasteiger partial charge in [0.05, 0.1) is 0 Å². The van der Waals surface area contributed by atoms with E-state index in [0.717, 1.165) is 0 Å². The first-order valence-corrected chi connectivity index (χ1v) is 6.14. The molecule has 0 aliphatic rings. The van der Waals surface area contributed by atoms with Crippen molar-refractivity contribution in [3.8, 4) is 0 Å². The molecule has 0 saturated carbocycles. The van der Waals surface area contributed by atoms with Crippen LogP contribution in [0.2, 0.25) is 0 Å². The van der Waals surface area contributed by atoms with Gasteiger partial charge in [-0.15, -0.1) is 0 Å². The number of hydrogen-bond acceptors (Lipinski definition) is 1. The van der Waals surface area contributed by atoms with Gasteiger partial charge in [-0.25, -0.2) is 0 Å². The quantitative estimate of drug-likeness (QED) is 0.813. The summed E-state index contributed by atoms with van der Waals surface area (Å²) in [6, 6.07) is 9.46. The summed E-state index contributed by atoms with van der Waals surface area (Å²) < 4.78 is 0. The largest absolute Gasteiger partial charge is 0.313 e. The molecule has 0 bridgehead atoms. The van der Waals surface area contributed by atoms with Crippen LogP contribution in [0.1, 0.15) is 51.8 Å². The van der Waals surface area contributed by atoms with E-state index in [9.17, 15) is 0 Å². The molecular formula is C15H25N. The van der Waals surface area contributed by atoms with E-state index in [1.54, 1.807) is 0 Å². The van der Waals surface area contributed by atoms with Gasteiger partial charge in [-0.3, -0.25) is 0 Å². The van der Waals surface area contributed by atoms with Crippen LogP contribution < -0.4 is 5.32 Å². The zero-order valence-corrected chi connectivity index (χ0v) is 11.5. The summed E-state index contributed by atoms with van der Waals surface area (Å²) in [5.41, 5.74) is 3.02. The number of nitrogens with one attached hydrogen (secondary N) is 1. The van der Waals surface area contributed by atoms with E-state index in [1.807, 2.05) is 7.05 Å². The van der Waals surface area contributed by atoms with E-state index >= 15 is 0 Å². The van der Waals surface area contributed by atoms with Gasteiger partial charge in [-0.1, -0.05) is 58.9 Å². The minimum absolute atomic E-state index is 0.242. The third-order valence-corrected chi connectivity index (χ3v) is 3.11. The second-order valence-electron chi connectivity index (χ2n) is 5.88. The molecule has 0 amide bonds. The van der Waals surface area contributed by atoms with E-state index < -0.39 is 0 Å². The van der Waals surface area contributed by atoms with Crippen molar-refractivity contribution >= 4 is 0 Å². The molecule has 0 fully saturated rings. The summed E-state index contributed by atoms with van der Waals surface area (Å²) in [5, 5.41) is 3.38. The van der Waals surface area contributed by atoms with Crippen LogP contribution >= 0.6 is 0 Å². The molecule has 1 heteroatoms. The summed E-state index contributed by atoms with van der Waals surface area (Å²) in [7, 11) is 2.03. The first kappa shape index (κ1) is 13.2.